The third-order valence-electron chi connectivity index (χ3n) is 2.42. The van der Waals surface area contributed by atoms with Crippen LogP contribution < -0.4 is 10.0 Å². The van der Waals surface area contributed by atoms with Gasteiger partial charge in [-0.25, -0.2) is 13.1 Å². The highest BCUT2D eigenvalue weighted by Gasteiger charge is 2.18. The van der Waals surface area contributed by atoms with Gasteiger partial charge in [0.1, 0.15) is 4.21 Å². The third-order valence-corrected chi connectivity index (χ3v) is 5.59. The van der Waals surface area contributed by atoms with E-state index in [0.29, 0.717) is 4.21 Å². The zero-order valence-electron chi connectivity index (χ0n) is 10.5. The second kappa shape index (κ2) is 6.49. The van der Waals surface area contributed by atoms with Gasteiger partial charge in [-0.05, 0) is 32.0 Å². The molecule has 0 saturated heterocycles. The lowest BCUT2D eigenvalue weighted by Crippen LogP contribution is -2.31. The molecule has 6 heteroatoms. The first-order valence-corrected chi connectivity index (χ1v) is 8.11. The molecule has 1 heterocycles. The normalized spacial score (nSPS) is 13.8. The van der Waals surface area contributed by atoms with Gasteiger partial charge in [0.2, 0.25) is 10.0 Å². The van der Waals surface area contributed by atoms with Crippen molar-refractivity contribution in [3.8, 4) is 0 Å². The van der Waals surface area contributed by atoms with Crippen molar-refractivity contribution in [3.63, 3.8) is 0 Å². The monoisotopic (exact) mass is 276 g/mol. The number of sulfonamides is 1. The minimum atomic E-state index is -3.34. The lowest BCUT2D eigenvalue weighted by molar-refractivity contribution is 0.558. The van der Waals surface area contributed by atoms with Crippen LogP contribution in [0.1, 0.15) is 32.1 Å². The van der Waals surface area contributed by atoms with Crippen molar-refractivity contribution in [2.45, 2.75) is 44.0 Å². The number of rotatable bonds is 7. The van der Waals surface area contributed by atoms with Crippen LogP contribution >= 0.6 is 11.3 Å². The Morgan fingerprint density at radius 3 is 2.65 bits per heavy atom. The molecular weight excluding hydrogens is 256 g/mol. The number of hydrogen-bond donors (Lipinski definition) is 2. The first-order valence-electron chi connectivity index (χ1n) is 5.81. The van der Waals surface area contributed by atoms with Crippen LogP contribution in [0, 0.1) is 0 Å². The first-order chi connectivity index (χ1) is 7.99. The zero-order valence-corrected chi connectivity index (χ0v) is 12.1. The number of nitrogens with one attached hydrogen (secondary N) is 2. The Balaban J connectivity index is 2.74. The number of thiophene rings is 1. The fourth-order valence-electron chi connectivity index (χ4n) is 1.25. The summed E-state index contributed by atoms with van der Waals surface area (Å²) in [5, 5.41) is 3.18. The second-order valence-electron chi connectivity index (χ2n) is 3.93. The summed E-state index contributed by atoms with van der Waals surface area (Å²) >= 11 is 1.32. The zero-order chi connectivity index (χ0) is 12.9. The number of hydrogen-bond acceptors (Lipinski definition) is 4. The highest BCUT2D eigenvalue weighted by atomic mass is 32.2. The van der Waals surface area contributed by atoms with Crippen molar-refractivity contribution in [1.82, 2.24) is 10.0 Å². The molecule has 1 atom stereocenters. The van der Waals surface area contributed by atoms with Crippen LogP contribution in [0.25, 0.3) is 0 Å². The van der Waals surface area contributed by atoms with Gasteiger partial charge < -0.3 is 5.32 Å². The maximum Gasteiger partial charge on any atom is 0.250 e. The first kappa shape index (κ1) is 14.6. The van der Waals surface area contributed by atoms with Crippen LogP contribution in [0.15, 0.2) is 16.3 Å². The van der Waals surface area contributed by atoms with Crippen molar-refractivity contribution < 1.29 is 8.42 Å². The average molecular weight is 276 g/mol. The molecule has 0 aliphatic rings. The van der Waals surface area contributed by atoms with Crippen LogP contribution in [-0.4, -0.2) is 21.0 Å². The van der Waals surface area contributed by atoms with E-state index in [1.165, 1.54) is 11.3 Å². The van der Waals surface area contributed by atoms with E-state index in [0.717, 1.165) is 24.4 Å². The minimum Gasteiger partial charge on any atom is -0.312 e. The summed E-state index contributed by atoms with van der Waals surface area (Å²) in [7, 11) is -3.34. The summed E-state index contributed by atoms with van der Waals surface area (Å²) in [4.78, 5) is 1.04. The fraction of sp³-hybridized carbons (Fsp3) is 0.636. The fourth-order valence-corrected chi connectivity index (χ4v) is 3.92. The molecule has 0 radical (unpaired) electrons. The highest BCUT2D eigenvalue weighted by molar-refractivity contribution is 7.91. The third kappa shape index (κ3) is 4.39. The van der Waals surface area contributed by atoms with E-state index in [1.807, 2.05) is 26.8 Å². The van der Waals surface area contributed by atoms with Gasteiger partial charge in [-0.15, -0.1) is 11.3 Å². The molecular formula is C11H20N2O2S2. The van der Waals surface area contributed by atoms with Crippen molar-refractivity contribution in [2.75, 3.05) is 6.54 Å². The molecule has 17 heavy (non-hydrogen) atoms. The molecule has 0 saturated carbocycles. The van der Waals surface area contributed by atoms with E-state index < -0.39 is 10.0 Å². The van der Waals surface area contributed by atoms with Crippen LogP contribution in [0.5, 0.6) is 0 Å². The van der Waals surface area contributed by atoms with Gasteiger partial charge in [0.15, 0.2) is 0 Å². The molecule has 0 aliphatic carbocycles. The molecule has 0 amide bonds. The predicted molar refractivity (Wildman–Crippen MR) is 71.8 cm³/mol. The molecule has 98 valence electrons. The molecule has 2 N–H and O–H groups in total. The summed E-state index contributed by atoms with van der Waals surface area (Å²) in [6.07, 6.45) is 0.787. The van der Waals surface area contributed by atoms with Gasteiger partial charge in [-0.3, -0.25) is 0 Å². The van der Waals surface area contributed by atoms with E-state index in [4.69, 9.17) is 0 Å². The summed E-state index contributed by atoms with van der Waals surface area (Å²) in [5.41, 5.74) is 0. The second-order valence-corrected chi connectivity index (χ2v) is 7.04. The quantitative estimate of drug-likeness (QED) is 0.800. The largest absolute Gasteiger partial charge is 0.312 e. The molecule has 4 nitrogen and oxygen atoms in total. The van der Waals surface area contributed by atoms with Crippen LogP contribution in [-0.2, 0) is 16.6 Å². The van der Waals surface area contributed by atoms with E-state index in [9.17, 15) is 8.42 Å². The Kier molecular flexibility index (Phi) is 5.58. The summed E-state index contributed by atoms with van der Waals surface area (Å²) in [5.74, 6) is 0. The molecule has 0 aromatic carbocycles. The summed E-state index contributed by atoms with van der Waals surface area (Å²) in [6, 6.07) is 3.50. The Hall–Kier alpha value is -0.430. The summed E-state index contributed by atoms with van der Waals surface area (Å²) in [6.45, 7) is 7.45. The smallest absolute Gasteiger partial charge is 0.250 e. The molecule has 0 bridgehead atoms. The molecule has 1 unspecified atom stereocenters. The van der Waals surface area contributed by atoms with Crippen molar-refractivity contribution in [3.05, 3.63) is 17.0 Å². The Morgan fingerprint density at radius 2 is 2.06 bits per heavy atom. The SMILES string of the molecule is CCNCc1ccc(S(=O)(=O)NC(C)CC)s1. The Labute approximate surface area is 107 Å². The van der Waals surface area contributed by atoms with Crippen molar-refractivity contribution >= 4 is 21.4 Å². The predicted octanol–water partition coefficient (Wildman–Crippen LogP) is 1.93. The summed E-state index contributed by atoms with van der Waals surface area (Å²) < 4.78 is 27.0. The van der Waals surface area contributed by atoms with Crippen LogP contribution in [0.4, 0.5) is 0 Å². The average Bonchev–Trinajstić information content (AvgIpc) is 2.75. The Morgan fingerprint density at radius 1 is 1.35 bits per heavy atom. The lowest BCUT2D eigenvalue weighted by Gasteiger charge is -2.10. The molecule has 1 rings (SSSR count). The van der Waals surface area contributed by atoms with Crippen molar-refractivity contribution in [2.24, 2.45) is 0 Å². The van der Waals surface area contributed by atoms with Gasteiger partial charge >= 0.3 is 0 Å². The maximum absolute atomic E-state index is 12.0. The maximum atomic E-state index is 12.0. The minimum absolute atomic E-state index is 0.0284. The molecule has 0 spiro atoms. The van der Waals surface area contributed by atoms with Gasteiger partial charge in [0.25, 0.3) is 0 Å². The van der Waals surface area contributed by atoms with Gasteiger partial charge in [-0.1, -0.05) is 13.8 Å². The Bertz CT molecular complexity index is 440. The van der Waals surface area contributed by atoms with E-state index in [-0.39, 0.29) is 6.04 Å². The molecule has 0 fully saturated rings. The molecule has 0 aliphatic heterocycles. The van der Waals surface area contributed by atoms with E-state index in [1.54, 1.807) is 6.07 Å². The molecule has 1 aromatic rings. The van der Waals surface area contributed by atoms with Gasteiger partial charge in [-0.2, -0.15) is 0 Å². The molecule has 1 aromatic heterocycles. The standard InChI is InChI=1S/C11H20N2O2S2/c1-4-9(3)13-17(14,15)11-7-6-10(16-11)8-12-5-2/h6-7,9,12-13H,4-5,8H2,1-3H3. The van der Waals surface area contributed by atoms with Gasteiger partial charge in [0.05, 0.1) is 0 Å². The topological polar surface area (TPSA) is 58.2 Å². The highest BCUT2D eigenvalue weighted by Crippen LogP contribution is 2.21. The van der Waals surface area contributed by atoms with Crippen LogP contribution in [0.3, 0.4) is 0 Å². The van der Waals surface area contributed by atoms with Crippen LogP contribution in [0.2, 0.25) is 0 Å². The van der Waals surface area contributed by atoms with E-state index in [2.05, 4.69) is 10.0 Å². The van der Waals surface area contributed by atoms with Gasteiger partial charge in [0, 0.05) is 17.5 Å². The van der Waals surface area contributed by atoms with Crippen molar-refractivity contribution in [1.29, 1.82) is 0 Å². The van der Waals surface area contributed by atoms with E-state index >= 15 is 0 Å². The lowest BCUT2D eigenvalue weighted by atomic mass is 10.3.